The van der Waals surface area contributed by atoms with E-state index in [1.165, 1.54) is 0 Å². The van der Waals surface area contributed by atoms with Gasteiger partial charge in [-0.25, -0.2) is 0 Å². The standard InChI is InChI=1S/C8H17OP/c1-7(2)10-6-9-8(3,4)5/h7,10H,1-2,6H2,3-5H3. The first-order chi connectivity index (χ1) is 4.42. The summed E-state index contributed by atoms with van der Waals surface area (Å²) >= 11 is 0. The highest BCUT2D eigenvalue weighted by Crippen LogP contribution is 2.20. The lowest BCUT2D eigenvalue weighted by Crippen LogP contribution is -2.18. The molecule has 0 amide bonds. The van der Waals surface area contributed by atoms with Crippen LogP contribution in [0.4, 0.5) is 0 Å². The van der Waals surface area contributed by atoms with E-state index in [0.29, 0.717) is 0 Å². The smallest absolute Gasteiger partial charge is 0.0640 e. The molecule has 60 valence electrons. The van der Waals surface area contributed by atoms with E-state index in [9.17, 15) is 0 Å². The molecule has 2 radical (unpaired) electrons. The van der Waals surface area contributed by atoms with Gasteiger partial charge in [0.25, 0.3) is 0 Å². The van der Waals surface area contributed by atoms with Crippen molar-refractivity contribution < 1.29 is 4.74 Å². The molecule has 0 aliphatic rings. The highest BCUT2D eigenvalue weighted by atomic mass is 31.1. The fourth-order valence-corrected chi connectivity index (χ4v) is 1.13. The molecular weight excluding hydrogens is 143 g/mol. The zero-order valence-electron chi connectivity index (χ0n) is 7.11. The van der Waals surface area contributed by atoms with Gasteiger partial charge < -0.3 is 4.74 Å². The van der Waals surface area contributed by atoms with Gasteiger partial charge in [-0.05, 0) is 40.3 Å². The summed E-state index contributed by atoms with van der Waals surface area (Å²) in [7, 11) is 0.718. The molecule has 0 aromatic heterocycles. The predicted molar refractivity (Wildman–Crippen MR) is 48.5 cm³/mol. The lowest BCUT2D eigenvalue weighted by atomic mass is 10.2. The highest BCUT2D eigenvalue weighted by Gasteiger charge is 2.09. The molecule has 10 heavy (non-hydrogen) atoms. The van der Waals surface area contributed by atoms with Gasteiger partial charge in [-0.15, -0.1) is 0 Å². The van der Waals surface area contributed by atoms with Gasteiger partial charge in [-0.1, -0.05) is 8.58 Å². The summed E-state index contributed by atoms with van der Waals surface area (Å²) < 4.78 is 5.47. The first-order valence-electron chi connectivity index (χ1n) is 3.45. The molecule has 0 fully saturated rings. The average molecular weight is 160 g/mol. The summed E-state index contributed by atoms with van der Waals surface area (Å²) in [5.41, 5.74) is 0.268. The van der Waals surface area contributed by atoms with Gasteiger partial charge in [0, 0.05) is 0 Å². The first kappa shape index (κ1) is 10.4. The van der Waals surface area contributed by atoms with Gasteiger partial charge in [0.05, 0.1) is 11.9 Å². The number of hydrogen-bond donors (Lipinski definition) is 0. The molecule has 0 N–H and O–H groups in total. The Bertz CT molecular complexity index is 83.7. The Labute approximate surface area is 66.3 Å². The van der Waals surface area contributed by atoms with Crippen LogP contribution in [0.15, 0.2) is 0 Å². The Balaban J connectivity index is 3.21. The van der Waals surface area contributed by atoms with Crippen molar-refractivity contribution in [2.45, 2.75) is 32.0 Å². The Morgan fingerprint density at radius 2 is 1.90 bits per heavy atom. The minimum absolute atomic E-state index is 0.0120. The summed E-state index contributed by atoms with van der Waals surface area (Å²) in [6.45, 7) is 13.7. The van der Waals surface area contributed by atoms with E-state index in [1.807, 2.05) is 0 Å². The summed E-state index contributed by atoms with van der Waals surface area (Å²) in [6, 6.07) is 0. The lowest BCUT2D eigenvalue weighted by Gasteiger charge is -2.19. The maximum atomic E-state index is 5.47. The van der Waals surface area contributed by atoms with Crippen molar-refractivity contribution in [2.24, 2.45) is 0 Å². The molecule has 0 aromatic rings. The lowest BCUT2D eigenvalue weighted by molar-refractivity contribution is 0.0275. The van der Waals surface area contributed by atoms with Crippen LogP contribution >= 0.6 is 8.58 Å². The summed E-state index contributed by atoms with van der Waals surface area (Å²) in [4.78, 5) is 0. The summed E-state index contributed by atoms with van der Waals surface area (Å²) in [5.74, 6) is 0. The molecule has 2 heteroatoms. The van der Waals surface area contributed by atoms with Gasteiger partial charge in [0.2, 0.25) is 0 Å². The van der Waals surface area contributed by atoms with Crippen LogP contribution in [0, 0.1) is 13.8 Å². The summed E-state index contributed by atoms with van der Waals surface area (Å²) in [6.07, 6.45) is 0.793. The van der Waals surface area contributed by atoms with Gasteiger partial charge in [0.1, 0.15) is 0 Å². The van der Waals surface area contributed by atoms with Crippen LogP contribution in [0.3, 0.4) is 0 Å². The van der Waals surface area contributed by atoms with Crippen LogP contribution in [-0.2, 0) is 4.74 Å². The van der Waals surface area contributed by atoms with Crippen LogP contribution in [0.2, 0.25) is 0 Å². The molecule has 1 atom stereocenters. The van der Waals surface area contributed by atoms with Crippen molar-refractivity contribution in [3.63, 3.8) is 0 Å². The topological polar surface area (TPSA) is 9.23 Å². The molecule has 0 aliphatic heterocycles. The number of hydrogen-bond acceptors (Lipinski definition) is 1. The molecular formula is C8H17OP. The van der Waals surface area contributed by atoms with Gasteiger partial charge in [0.15, 0.2) is 0 Å². The average Bonchev–Trinajstić information content (AvgIpc) is 1.59. The van der Waals surface area contributed by atoms with Gasteiger partial charge >= 0.3 is 0 Å². The van der Waals surface area contributed by atoms with E-state index in [-0.39, 0.29) is 11.3 Å². The minimum Gasteiger partial charge on any atom is -0.372 e. The van der Waals surface area contributed by atoms with Crippen LogP contribution in [0.25, 0.3) is 0 Å². The molecule has 0 heterocycles. The molecule has 0 spiro atoms. The highest BCUT2D eigenvalue weighted by molar-refractivity contribution is 7.38. The maximum Gasteiger partial charge on any atom is 0.0640 e. The van der Waals surface area contributed by atoms with Crippen LogP contribution in [-0.4, -0.2) is 17.6 Å². The van der Waals surface area contributed by atoms with Crippen LogP contribution in [0.1, 0.15) is 20.8 Å². The van der Waals surface area contributed by atoms with Crippen molar-refractivity contribution in [3.8, 4) is 0 Å². The first-order valence-corrected chi connectivity index (χ1v) is 4.74. The Hall–Kier alpha value is 0.390. The fraction of sp³-hybridized carbons (Fsp3) is 0.750. The molecule has 0 rings (SSSR count). The van der Waals surface area contributed by atoms with Crippen molar-refractivity contribution in [3.05, 3.63) is 13.8 Å². The van der Waals surface area contributed by atoms with Crippen LogP contribution < -0.4 is 0 Å². The molecule has 0 bridgehead atoms. The van der Waals surface area contributed by atoms with Crippen molar-refractivity contribution in [2.75, 3.05) is 6.35 Å². The molecule has 1 nitrogen and oxygen atoms in total. The van der Waals surface area contributed by atoms with E-state index >= 15 is 0 Å². The molecule has 1 unspecified atom stereocenters. The van der Waals surface area contributed by atoms with Crippen molar-refractivity contribution >= 4 is 8.58 Å². The van der Waals surface area contributed by atoms with E-state index in [0.717, 1.165) is 14.9 Å². The Morgan fingerprint density at radius 1 is 1.40 bits per heavy atom. The van der Waals surface area contributed by atoms with Crippen molar-refractivity contribution in [1.82, 2.24) is 0 Å². The normalized spacial score (nSPS) is 13.8. The fourth-order valence-electron chi connectivity index (χ4n) is 0.376. The predicted octanol–water partition coefficient (Wildman–Crippen LogP) is 2.47. The Morgan fingerprint density at radius 3 is 2.20 bits per heavy atom. The zero-order chi connectivity index (χ0) is 8.20. The largest absolute Gasteiger partial charge is 0.372 e. The minimum atomic E-state index is -0.0120. The number of ether oxygens (including phenoxy) is 1. The quantitative estimate of drug-likeness (QED) is 0.576. The second-order valence-electron chi connectivity index (χ2n) is 3.30. The third-order valence-electron chi connectivity index (χ3n) is 0.877. The SMILES string of the molecule is [CH2]C([CH2])PCOC(C)(C)C. The van der Waals surface area contributed by atoms with Gasteiger partial charge in [-0.3, -0.25) is 0 Å². The van der Waals surface area contributed by atoms with E-state index in [4.69, 9.17) is 4.74 Å². The molecule has 0 saturated carbocycles. The van der Waals surface area contributed by atoms with E-state index in [2.05, 4.69) is 34.6 Å². The van der Waals surface area contributed by atoms with Crippen molar-refractivity contribution in [1.29, 1.82) is 0 Å². The second kappa shape index (κ2) is 4.31. The summed E-state index contributed by atoms with van der Waals surface area (Å²) in [5, 5.41) is 0. The van der Waals surface area contributed by atoms with E-state index < -0.39 is 0 Å². The van der Waals surface area contributed by atoms with E-state index in [1.54, 1.807) is 0 Å². The second-order valence-corrected chi connectivity index (χ2v) is 4.82. The third-order valence-corrected chi connectivity index (χ3v) is 1.77. The maximum absolute atomic E-state index is 5.47. The zero-order valence-corrected chi connectivity index (χ0v) is 8.11. The third kappa shape index (κ3) is 8.39. The monoisotopic (exact) mass is 160 g/mol. The molecule has 0 aromatic carbocycles. The molecule has 0 saturated heterocycles. The number of rotatable bonds is 3. The molecule has 0 aliphatic carbocycles. The van der Waals surface area contributed by atoms with Gasteiger partial charge in [-0.2, -0.15) is 0 Å². The Kier molecular flexibility index (Phi) is 4.47. The van der Waals surface area contributed by atoms with Crippen LogP contribution in [0.5, 0.6) is 0 Å².